The van der Waals surface area contributed by atoms with Crippen LogP contribution in [0.1, 0.15) is 64.0 Å². The Morgan fingerprint density at radius 2 is 1.72 bits per heavy atom. The largest absolute Gasteiger partial charge is 0.444 e. The first kappa shape index (κ1) is 16.9. The lowest BCUT2D eigenvalue weighted by Gasteiger charge is -2.75. The number of rotatable bonds is 2. The summed E-state index contributed by atoms with van der Waals surface area (Å²) in [6, 6.07) is 8.92. The Kier molecular flexibility index (Phi) is 3.72. The van der Waals surface area contributed by atoms with Crippen molar-refractivity contribution in [1.82, 2.24) is 4.90 Å². The molecule has 25 heavy (non-hydrogen) atoms. The van der Waals surface area contributed by atoms with E-state index in [0.717, 1.165) is 31.8 Å². The summed E-state index contributed by atoms with van der Waals surface area (Å²) in [6.45, 7) is 9.78. The summed E-state index contributed by atoms with van der Waals surface area (Å²) in [5.41, 5.74) is 3.69. The molecule has 0 radical (unpaired) electrons. The third-order valence-corrected chi connectivity index (χ3v) is 6.80. The summed E-state index contributed by atoms with van der Waals surface area (Å²) < 4.78 is 5.52. The van der Waals surface area contributed by atoms with Crippen LogP contribution in [0.4, 0.5) is 4.79 Å². The number of nitrogens with zero attached hydrogens (tertiary/aromatic N) is 1. The molecule has 0 unspecified atom stereocenters. The van der Waals surface area contributed by atoms with Crippen LogP contribution in [0.25, 0.3) is 0 Å². The fourth-order valence-electron chi connectivity index (χ4n) is 5.75. The average molecular weight is 341 g/mol. The number of benzene rings is 1. The molecule has 1 saturated heterocycles. The number of aryl methyl sites for hydroxylation is 1. The highest BCUT2D eigenvalue weighted by Gasteiger charge is 2.70. The van der Waals surface area contributed by atoms with Gasteiger partial charge in [-0.3, -0.25) is 0 Å². The van der Waals surface area contributed by atoms with Gasteiger partial charge in [0.25, 0.3) is 0 Å². The highest BCUT2D eigenvalue weighted by atomic mass is 16.6. The third-order valence-electron chi connectivity index (χ3n) is 6.80. The van der Waals surface area contributed by atoms with E-state index in [1.165, 1.54) is 24.8 Å². The van der Waals surface area contributed by atoms with Gasteiger partial charge in [0.05, 0.1) is 0 Å². The lowest BCUT2D eigenvalue weighted by Crippen LogP contribution is -2.68. The van der Waals surface area contributed by atoms with Gasteiger partial charge in [-0.25, -0.2) is 4.79 Å². The summed E-state index contributed by atoms with van der Waals surface area (Å²) in [6.07, 6.45) is 6.23. The van der Waals surface area contributed by atoms with E-state index >= 15 is 0 Å². The Balaban J connectivity index is 1.33. The van der Waals surface area contributed by atoms with Crippen molar-refractivity contribution in [1.29, 1.82) is 0 Å². The number of carbonyl (C=O) groups excluding carboxylic acids is 1. The van der Waals surface area contributed by atoms with E-state index in [2.05, 4.69) is 31.2 Å². The van der Waals surface area contributed by atoms with Gasteiger partial charge < -0.3 is 9.64 Å². The number of carbonyl (C=O) groups is 1. The summed E-state index contributed by atoms with van der Waals surface area (Å²) in [4.78, 5) is 14.1. The molecule has 4 aliphatic rings. The molecular weight excluding hydrogens is 310 g/mol. The zero-order valence-corrected chi connectivity index (χ0v) is 16.1. The number of ether oxygens (including phenoxy) is 1. The number of amides is 1. The van der Waals surface area contributed by atoms with Crippen molar-refractivity contribution in [2.45, 2.75) is 70.8 Å². The van der Waals surface area contributed by atoms with Crippen LogP contribution < -0.4 is 0 Å². The third kappa shape index (κ3) is 2.76. The topological polar surface area (TPSA) is 29.5 Å². The van der Waals surface area contributed by atoms with Gasteiger partial charge in [-0.2, -0.15) is 0 Å². The zero-order chi connectivity index (χ0) is 17.9. The second-order valence-corrected chi connectivity index (χ2v) is 9.73. The van der Waals surface area contributed by atoms with Crippen molar-refractivity contribution >= 4 is 6.09 Å². The van der Waals surface area contributed by atoms with Gasteiger partial charge in [-0.15, -0.1) is 0 Å². The Bertz CT molecular complexity index is 660. The highest BCUT2D eigenvalue weighted by molar-refractivity contribution is 5.68. The standard InChI is InChI=1S/C22H31NO2/c1-16-7-5-6-8-18(16)22-13-21(14-22,15-22)17-9-11-23(12-10-17)19(24)25-20(2,3)4/h5-8,17H,9-15H2,1-4H3. The molecule has 3 saturated carbocycles. The molecule has 5 rings (SSSR count). The van der Waals surface area contributed by atoms with Crippen LogP contribution in [-0.4, -0.2) is 29.7 Å². The van der Waals surface area contributed by atoms with Crippen LogP contribution in [0.3, 0.4) is 0 Å². The van der Waals surface area contributed by atoms with Gasteiger partial charge in [0.15, 0.2) is 0 Å². The Labute approximate surface area is 151 Å². The van der Waals surface area contributed by atoms with E-state index in [0.29, 0.717) is 10.8 Å². The molecule has 136 valence electrons. The van der Waals surface area contributed by atoms with Crippen molar-refractivity contribution in [2.24, 2.45) is 11.3 Å². The predicted octanol–water partition coefficient (Wildman–Crippen LogP) is 5.06. The maximum Gasteiger partial charge on any atom is 0.410 e. The van der Waals surface area contributed by atoms with Gasteiger partial charge in [-0.1, -0.05) is 24.3 Å². The van der Waals surface area contributed by atoms with Gasteiger partial charge in [0, 0.05) is 13.1 Å². The van der Waals surface area contributed by atoms with Crippen molar-refractivity contribution in [3.8, 4) is 0 Å². The molecule has 1 amide bonds. The molecule has 3 heteroatoms. The molecule has 3 aliphatic carbocycles. The average Bonchev–Trinajstić information content (AvgIpc) is 2.45. The van der Waals surface area contributed by atoms with E-state index in [1.54, 1.807) is 5.56 Å². The Morgan fingerprint density at radius 1 is 1.12 bits per heavy atom. The van der Waals surface area contributed by atoms with E-state index in [1.807, 2.05) is 25.7 Å². The molecule has 0 aromatic heterocycles. The molecule has 2 bridgehead atoms. The molecule has 1 aliphatic heterocycles. The number of piperidine rings is 1. The molecule has 1 aromatic rings. The fourth-order valence-corrected chi connectivity index (χ4v) is 5.75. The lowest BCUT2D eigenvalue weighted by atomic mass is 9.30. The maximum absolute atomic E-state index is 12.2. The first-order chi connectivity index (χ1) is 11.7. The molecule has 4 fully saturated rings. The van der Waals surface area contributed by atoms with E-state index in [9.17, 15) is 4.79 Å². The predicted molar refractivity (Wildman–Crippen MR) is 99.7 cm³/mol. The Hall–Kier alpha value is -1.51. The molecule has 1 aromatic carbocycles. The van der Waals surface area contributed by atoms with Crippen LogP contribution in [-0.2, 0) is 10.2 Å². The molecule has 0 atom stereocenters. The normalized spacial score (nSPS) is 31.9. The van der Waals surface area contributed by atoms with Gasteiger partial charge in [-0.05, 0) is 87.7 Å². The van der Waals surface area contributed by atoms with Crippen LogP contribution in [0.2, 0.25) is 0 Å². The summed E-state index contributed by atoms with van der Waals surface area (Å²) in [5, 5.41) is 0. The number of likely N-dealkylation sites (tertiary alicyclic amines) is 1. The lowest BCUT2D eigenvalue weighted by molar-refractivity contribution is -0.190. The molecule has 1 heterocycles. The van der Waals surface area contributed by atoms with Crippen LogP contribution in [0, 0.1) is 18.3 Å². The zero-order valence-electron chi connectivity index (χ0n) is 16.1. The summed E-state index contributed by atoms with van der Waals surface area (Å²) >= 11 is 0. The molecular formula is C22H31NO2. The number of hydrogen-bond donors (Lipinski definition) is 0. The highest BCUT2D eigenvalue weighted by Crippen LogP contribution is 2.77. The SMILES string of the molecule is Cc1ccccc1C12CC(C3CCN(C(=O)OC(C)(C)C)CC3)(C1)C2. The van der Waals surface area contributed by atoms with Gasteiger partial charge in [0.2, 0.25) is 0 Å². The first-order valence-electron chi connectivity index (χ1n) is 9.77. The fraction of sp³-hybridized carbons (Fsp3) is 0.682. The van der Waals surface area contributed by atoms with Crippen molar-refractivity contribution in [3.05, 3.63) is 35.4 Å². The summed E-state index contributed by atoms with van der Waals surface area (Å²) in [7, 11) is 0. The molecule has 3 nitrogen and oxygen atoms in total. The minimum atomic E-state index is -0.401. The monoisotopic (exact) mass is 341 g/mol. The second-order valence-electron chi connectivity index (χ2n) is 9.73. The summed E-state index contributed by atoms with van der Waals surface area (Å²) in [5.74, 6) is 0.789. The van der Waals surface area contributed by atoms with Crippen molar-refractivity contribution < 1.29 is 9.53 Å². The van der Waals surface area contributed by atoms with Gasteiger partial charge in [0.1, 0.15) is 5.60 Å². The minimum Gasteiger partial charge on any atom is -0.444 e. The van der Waals surface area contributed by atoms with Crippen molar-refractivity contribution in [3.63, 3.8) is 0 Å². The smallest absolute Gasteiger partial charge is 0.410 e. The van der Waals surface area contributed by atoms with Crippen LogP contribution in [0.15, 0.2) is 24.3 Å². The van der Waals surface area contributed by atoms with Crippen LogP contribution >= 0.6 is 0 Å². The first-order valence-corrected chi connectivity index (χ1v) is 9.77. The maximum atomic E-state index is 12.2. The number of hydrogen-bond acceptors (Lipinski definition) is 2. The Morgan fingerprint density at radius 3 is 2.28 bits per heavy atom. The van der Waals surface area contributed by atoms with E-state index in [4.69, 9.17) is 4.74 Å². The molecule has 0 spiro atoms. The molecule has 0 N–H and O–H groups in total. The van der Waals surface area contributed by atoms with Crippen LogP contribution in [0.5, 0.6) is 0 Å². The minimum absolute atomic E-state index is 0.139. The quantitative estimate of drug-likeness (QED) is 0.752. The second kappa shape index (κ2) is 5.49. The van der Waals surface area contributed by atoms with E-state index < -0.39 is 5.60 Å². The van der Waals surface area contributed by atoms with Crippen molar-refractivity contribution in [2.75, 3.05) is 13.1 Å². The van der Waals surface area contributed by atoms with Gasteiger partial charge >= 0.3 is 6.09 Å². The van der Waals surface area contributed by atoms with E-state index in [-0.39, 0.29) is 6.09 Å².